The van der Waals surface area contributed by atoms with Gasteiger partial charge in [-0.1, -0.05) is 115 Å². The van der Waals surface area contributed by atoms with Crippen LogP contribution in [0.15, 0.2) is 127 Å². The molecule has 0 fully saturated rings. The molecule has 35 heavy (non-hydrogen) atoms. The maximum absolute atomic E-state index is 2.36. The Bertz CT molecular complexity index is 1550. The van der Waals surface area contributed by atoms with Crippen LogP contribution in [0.5, 0.6) is 0 Å². The zero-order chi connectivity index (χ0) is 23.5. The minimum Gasteiger partial charge on any atom is -0.309 e. The molecule has 0 N–H and O–H groups in total. The topological polar surface area (TPSA) is 4.93 Å². The predicted molar refractivity (Wildman–Crippen MR) is 152 cm³/mol. The summed E-state index contributed by atoms with van der Waals surface area (Å²) < 4.78 is 2.36. The minimum absolute atomic E-state index is 1.17. The molecule has 0 radical (unpaired) electrons. The van der Waals surface area contributed by atoms with E-state index in [1.165, 1.54) is 49.7 Å². The summed E-state index contributed by atoms with van der Waals surface area (Å²) in [5, 5.41) is 2.52. The Kier molecular flexibility index (Phi) is 5.58. The molecule has 5 aromatic carbocycles. The molecule has 6 aromatic rings. The van der Waals surface area contributed by atoms with E-state index in [-0.39, 0.29) is 0 Å². The van der Waals surface area contributed by atoms with E-state index in [0.717, 1.165) is 0 Å². The molecule has 0 amide bonds. The molecule has 0 aliphatic rings. The average Bonchev–Trinajstić information content (AvgIpc) is 3.25. The molecule has 0 aliphatic heterocycles. The fourth-order valence-electron chi connectivity index (χ4n) is 4.63. The summed E-state index contributed by atoms with van der Waals surface area (Å²) in [6.07, 6.45) is 8.73. The second kappa shape index (κ2) is 9.32. The molecule has 6 rings (SSSR count). The maximum Gasteiger partial charge on any atom is 0.0541 e. The Labute approximate surface area is 205 Å². The number of fused-ring (bicyclic) bond motifs is 3. The van der Waals surface area contributed by atoms with Crippen molar-refractivity contribution in [1.82, 2.24) is 4.57 Å². The number of hydrogen-bond acceptors (Lipinski definition) is 0. The highest BCUT2D eigenvalue weighted by Gasteiger charge is 2.12. The highest BCUT2D eigenvalue weighted by Crippen LogP contribution is 2.34. The van der Waals surface area contributed by atoms with Gasteiger partial charge in [-0.25, -0.2) is 0 Å². The zero-order valence-corrected chi connectivity index (χ0v) is 19.4. The molecule has 0 bridgehead atoms. The van der Waals surface area contributed by atoms with E-state index in [9.17, 15) is 0 Å². The number of rotatable bonds is 5. The zero-order valence-electron chi connectivity index (χ0n) is 19.4. The smallest absolute Gasteiger partial charge is 0.0541 e. The predicted octanol–water partition coefficient (Wildman–Crippen LogP) is 9.12. The normalized spacial score (nSPS) is 11.8. The van der Waals surface area contributed by atoms with Gasteiger partial charge in [-0.15, -0.1) is 0 Å². The van der Waals surface area contributed by atoms with E-state index in [0.29, 0.717) is 0 Å². The van der Waals surface area contributed by atoms with Gasteiger partial charge in [0.25, 0.3) is 0 Å². The molecule has 0 spiro atoms. The van der Waals surface area contributed by atoms with Crippen LogP contribution in [0.1, 0.15) is 22.3 Å². The highest BCUT2D eigenvalue weighted by molar-refractivity contribution is 6.10. The Hall–Kier alpha value is -4.62. The molecular formula is C34H25N. The van der Waals surface area contributed by atoms with Crippen molar-refractivity contribution in [2.75, 3.05) is 0 Å². The Morgan fingerprint density at radius 3 is 1.23 bits per heavy atom. The first-order valence-corrected chi connectivity index (χ1v) is 12.0. The fourth-order valence-corrected chi connectivity index (χ4v) is 4.63. The first kappa shape index (κ1) is 20.9. The van der Waals surface area contributed by atoms with Crippen LogP contribution in [0.4, 0.5) is 0 Å². The second-order valence-electron chi connectivity index (χ2n) is 8.71. The summed E-state index contributed by atoms with van der Waals surface area (Å²) >= 11 is 0. The highest BCUT2D eigenvalue weighted by atomic mass is 15.0. The van der Waals surface area contributed by atoms with Crippen molar-refractivity contribution in [2.24, 2.45) is 0 Å². The van der Waals surface area contributed by atoms with Crippen LogP contribution in [0, 0.1) is 0 Å². The number of hydrogen-bond donors (Lipinski definition) is 0. The van der Waals surface area contributed by atoms with E-state index in [2.05, 4.69) is 144 Å². The lowest BCUT2D eigenvalue weighted by Gasteiger charge is -2.07. The first-order valence-electron chi connectivity index (χ1n) is 12.0. The SMILES string of the molecule is C(=Cc1ccc2c(c1)c1cc(C=Cc3ccccc3)ccc1n2-c1ccccc1)c1ccccc1. The van der Waals surface area contributed by atoms with Crippen LogP contribution in [0.25, 0.3) is 51.8 Å². The van der Waals surface area contributed by atoms with Gasteiger partial charge in [0, 0.05) is 16.5 Å². The summed E-state index contributed by atoms with van der Waals surface area (Å²) in [6, 6.07) is 45.0. The van der Waals surface area contributed by atoms with Crippen LogP contribution in [0.3, 0.4) is 0 Å². The van der Waals surface area contributed by atoms with Crippen molar-refractivity contribution in [1.29, 1.82) is 0 Å². The molecule has 0 unspecified atom stereocenters. The number of aromatic nitrogens is 1. The van der Waals surface area contributed by atoms with Gasteiger partial charge in [0.2, 0.25) is 0 Å². The van der Waals surface area contributed by atoms with E-state index < -0.39 is 0 Å². The van der Waals surface area contributed by atoms with Gasteiger partial charge in [-0.2, -0.15) is 0 Å². The van der Waals surface area contributed by atoms with E-state index >= 15 is 0 Å². The number of para-hydroxylation sites is 1. The third kappa shape index (κ3) is 4.32. The number of benzene rings is 5. The third-order valence-electron chi connectivity index (χ3n) is 6.36. The Morgan fingerprint density at radius 1 is 0.371 bits per heavy atom. The molecule has 1 heteroatoms. The van der Waals surface area contributed by atoms with Crippen molar-refractivity contribution < 1.29 is 0 Å². The minimum atomic E-state index is 1.17. The van der Waals surface area contributed by atoms with Crippen LogP contribution >= 0.6 is 0 Å². The van der Waals surface area contributed by atoms with Crippen molar-refractivity contribution in [2.45, 2.75) is 0 Å². The van der Waals surface area contributed by atoms with Crippen molar-refractivity contribution >= 4 is 46.1 Å². The lowest BCUT2D eigenvalue weighted by molar-refractivity contribution is 1.18. The lowest BCUT2D eigenvalue weighted by Crippen LogP contribution is -1.93. The average molecular weight is 448 g/mol. The van der Waals surface area contributed by atoms with Crippen molar-refractivity contribution in [3.05, 3.63) is 150 Å². The van der Waals surface area contributed by atoms with Gasteiger partial charge in [0.15, 0.2) is 0 Å². The van der Waals surface area contributed by atoms with Crippen molar-refractivity contribution in [3.8, 4) is 5.69 Å². The molecule has 1 nitrogen and oxygen atoms in total. The van der Waals surface area contributed by atoms with Crippen LogP contribution < -0.4 is 0 Å². The Balaban J connectivity index is 1.50. The summed E-state index contributed by atoms with van der Waals surface area (Å²) in [7, 11) is 0. The largest absolute Gasteiger partial charge is 0.309 e. The van der Waals surface area contributed by atoms with E-state index in [1.54, 1.807) is 0 Å². The van der Waals surface area contributed by atoms with Crippen LogP contribution in [-0.2, 0) is 0 Å². The van der Waals surface area contributed by atoms with Gasteiger partial charge in [-0.3, -0.25) is 0 Å². The molecule has 166 valence electrons. The first-order chi connectivity index (χ1) is 17.3. The summed E-state index contributed by atoms with van der Waals surface area (Å²) in [6.45, 7) is 0. The molecule has 1 heterocycles. The van der Waals surface area contributed by atoms with Crippen molar-refractivity contribution in [3.63, 3.8) is 0 Å². The summed E-state index contributed by atoms with van der Waals surface area (Å²) in [5.74, 6) is 0. The van der Waals surface area contributed by atoms with Gasteiger partial charge >= 0.3 is 0 Å². The third-order valence-corrected chi connectivity index (χ3v) is 6.36. The van der Waals surface area contributed by atoms with Crippen LogP contribution in [-0.4, -0.2) is 4.57 Å². The van der Waals surface area contributed by atoms with E-state index in [4.69, 9.17) is 0 Å². The maximum atomic E-state index is 2.36. The molecule has 0 saturated heterocycles. The second-order valence-corrected chi connectivity index (χ2v) is 8.71. The Morgan fingerprint density at radius 2 is 0.771 bits per heavy atom. The van der Waals surface area contributed by atoms with Gasteiger partial charge in [-0.05, 0) is 58.7 Å². The molecule has 0 atom stereocenters. The van der Waals surface area contributed by atoms with E-state index in [1.807, 2.05) is 12.1 Å². The number of nitrogens with zero attached hydrogens (tertiary/aromatic N) is 1. The quantitative estimate of drug-likeness (QED) is 0.232. The molecule has 0 aliphatic carbocycles. The molecule has 1 aromatic heterocycles. The summed E-state index contributed by atoms with van der Waals surface area (Å²) in [4.78, 5) is 0. The van der Waals surface area contributed by atoms with Gasteiger partial charge < -0.3 is 4.57 Å². The van der Waals surface area contributed by atoms with Crippen LogP contribution in [0.2, 0.25) is 0 Å². The fraction of sp³-hybridized carbons (Fsp3) is 0. The summed E-state index contributed by atoms with van der Waals surface area (Å²) in [5.41, 5.74) is 8.39. The van der Waals surface area contributed by atoms with Gasteiger partial charge in [0.1, 0.15) is 0 Å². The lowest BCUT2D eigenvalue weighted by atomic mass is 10.1. The molecular weight excluding hydrogens is 422 g/mol. The monoisotopic (exact) mass is 447 g/mol. The van der Waals surface area contributed by atoms with Gasteiger partial charge in [0.05, 0.1) is 11.0 Å². The molecule has 0 saturated carbocycles. The standard InChI is InChI=1S/C34H25N/c1-4-10-26(11-5-1)16-18-28-20-22-33-31(24-28)32-25-29(19-17-27-12-6-2-7-13-27)21-23-34(32)35(33)30-14-8-3-9-15-30/h1-25H.